The average molecular weight is 542 g/mol. The van der Waals surface area contributed by atoms with Gasteiger partial charge in [0.15, 0.2) is 0 Å². The summed E-state index contributed by atoms with van der Waals surface area (Å²) in [5.74, 6) is 0.875. The zero-order valence-corrected chi connectivity index (χ0v) is 23.9. The van der Waals surface area contributed by atoms with E-state index in [-0.39, 0.29) is 6.54 Å². The number of aromatic nitrogens is 2. The molecule has 3 aromatic carbocycles. The molecule has 1 aliphatic rings. The minimum atomic E-state index is -0.687. The van der Waals surface area contributed by atoms with Gasteiger partial charge in [0.1, 0.15) is 5.60 Å². The first-order valence-electron chi connectivity index (χ1n) is 13.4. The van der Waals surface area contributed by atoms with E-state index in [0.717, 1.165) is 44.5 Å². The standard InChI is InChI=1S/C32H35N3O5/c1-20-27-26(21-11-8-7-9-12-21)17-23(19-38-6)28(20)35(31(36)39-32(2,3)4)18-22-13-10-14-25(24(22)15-16-37-5)29-33-30(27)40-34-29/h7-14,17H,15-16,18-19H2,1-6H3. The summed E-state index contributed by atoms with van der Waals surface area (Å²) in [5.41, 5.74) is 7.15. The van der Waals surface area contributed by atoms with Gasteiger partial charge in [-0.2, -0.15) is 4.98 Å². The van der Waals surface area contributed by atoms with Gasteiger partial charge in [-0.05, 0) is 68.0 Å². The van der Waals surface area contributed by atoms with Crippen molar-refractivity contribution in [1.82, 2.24) is 10.1 Å². The van der Waals surface area contributed by atoms with Crippen LogP contribution in [-0.2, 0) is 33.8 Å². The molecule has 0 spiro atoms. The molecule has 8 heteroatoms. The molecule has 4 aromatic rings. The van der Waals surface area contributed by atoms with E-state index in [1.54, 1.807) is 19.1 Å². The SMILES string of the molecule is COCCc1c2cccc1-c1noc(n1)-c1c(-c3ccccc3)cc(COC)c(c1C)N(C(=O)OC(C)(C)C)C2. The number of rotatable bonds is 6. The van der Waals surface area contributed by atoms with Crippen LogP contribution < -0.4 is 4.90 Å². The highest BCUT2D eigenvalue weighted by Gasteiger charge is 2.32. The van der Waals surface area contributed by atoms with Crippen LogP contribution in [0.1, 0.15) is 43.0 Å². The monoisotopic (exact) mass is 541 g/mol. The summed E-state index contributed by atoms with van der Waals surface area (Å²) >= 11 is 0. The van der Waals surface area contributed by atoms with Gasteiger partial charge >= 0.3 is 6.09 Å². The molecule has 8 nitrogen and oxygen atoms in total. The molecule has 6 bridgehead atoms. The number of nitrogens with zero attached hydrogens (tertiary/aromatic N) is 3. The second kappa shape index (κ2) is 11.2. The van der Waals surface area contributed by atoms with Gasteiger partial charge in [0, 0.05) is 25.3 Å². The Morgan fingerprint density at radius 3 is 2.50 bits per heavy atom. The van der Waals surface area contributed by atoms with E-state index in [2.05, 4.69) is 11.2 Å². The summed E-state index contributed by atoms with van der Waals surface area (Å²) in [7, 11) is 3.32. The summed E-state index contributed by atoms with van der Waals surface area (Å²) in [4.78, 5) is 20.6. The zero-order chi connectivity index (χ0) is 28.4. The lowest BCUT2D eigenvalue weighted by molar-refractivity contribution is 0.0576. The van der Waals surface area contributed by atoms with Gasteiger partial charge < -0.3 is 18.7 Å². The Labute approximate surface area is 234 Å². The normalized spacial score (nSPS) is 12.7. The van der Waals surface area contributed by atoms with E-state index >= 15 is 0 Å². The van der Waals surface area contributed by atoms with Crippen molar-refractivity contribution in [1.29, 1.82) is 0 Å². The van der Waals surface area contributed by atoms with Gasteiger partial charge in [0.2, 0.25) is 5.82 Å². The molecule has 0 N–H and O–H groups in total. The number of hydrogen-bond donors (Lipinski definition) is 0. The van der Waals surface area contributed by atoms with Crippen molar-refractivity contribution >= 4 is 11.8 Å². The Morgan fingerprint density at radius 1 is 1.02 bits per heavy atom. The number of benzene rings is 3. The fourth-order valence-electron chi connectivity index (χ4n) is 5.29. The smallest absolute Gasteiger partial charge is 0.415 e. The van der Waals surface area contributed by atoms with Crippen molar-refractivity contribution in [3.8, 4) is 34.0 Å². The van der Waals surface area contributed by atoms with Crippen molar-refractivity contribution in [3.05, 3.63) is 76.9 Å². The van der Waals surface area contributed by atoms with E-state index in [1.165, 1.54) is 0 Å². The lowest BCUT2D eigenvalue weighted by atomic mass is 9.90. The molecule has 0 unspecified atom stereocenters. The first-order valence-corrected chi connectivity index (χ1v) is 13.4. The van der Waals surface area contributed by atoms with Crippen LogP contribution in [0, 0.1) is 6.92 Å². The predicted octanol–water partition coefficient (Wildman–Crippen LogP) is 6.97. The van der Waals surface area contributed by atoms with E-state index in [9.17, 15) is 4.79 Å². The van der Waals surface area contributed by atoms with E-state index in [1.807, 2.05) is 76.2 Å². The fraction of sp³-hybridized carbons (Fsp3) is 0.344. The highest BCUT2D eigenvalue weighted by molar-refractivity contribution is 5.96. The number of fused-ring (bicyclic) bond motifs is 8. The van der Waals surface area contributed by atoms with Gasteiger partial charge in [-0.3, -0.25) is 4.90 Å². The maximum Gasteiger partial charge on any atom is 0.415 e. The minimum absolute atomic E-state index is 0.285. The van der Waals surface area contributed by atoms with Crippen molar-refractivity contribution in [2.24, 2.45) is 0 Å². The van der Waals surface area contributed by atoms with Gasteiger partial charge in [-0.1, -0.05) is 53.7 Å². The molecule has 0 radical (unpaired) electrons. The summed E-state index contributed by atoms with van der Waals surface area (Å²) in [6, 6.07) is 18.1. The molecule has 5 rings (SSSR count). The van der Waals surface area contributed by atoms with Crippen LogP contribution in [0.25, 0.3) is 34.0 Å². The number of carbonyl (C=O) groups excluding carboxylic acids is 1. The summed E-state index contributed by atoms with van der Waals surface area (Å²) in [5, 5.41) is 4.41. The number of amides is 1. The quantitative estimate of drug-likeness (QED) is 0.260. The van der Waals surface area contributed by atoms with Gasteiger partial charge in [-0.25, -0.2) is 4.79 Å². The molecule has 0 saturated heterocycles. The molecule has 1 amide bonds. The molecular weight excluding hydrogens is 506 g/mol. The summed E-state index contributed by atoms with van der Waals surface area (Å²) in [6.45, 7) is 8.67. The summed E-state index contributed by atoms with van der Waals surface area (Å²) < 4.78 is 23.0. The van der Waals surface area contributed by atoms with E-state index in [4.69, 9.17) is 23.7 Å². The van der Waals surface area contributed by atoms with Crippen LogP contribution >= 0.6 is 0 Å². The van der Waals surface area contributed by atoms with Crippen LogP contribution in [0.5, 0.6) is 0 Å². The van der Waals surface area contributed by atoms with Crippen LogP contribution in [0.4, 0.5) is 10.5 Å². The molecule has 40 heavy (non-hydrogen) atoms. The average Bonchev–Trinajstić information content (AvgIpc) is 3.40. The fourth-order valence-corrected chi connectivity index (χ4v) is 5.29. The van der Waals surface area contributed by atoms with E-state index < -0.39 is 11.7 Å². The Bertz CT molecular complexity index is 1520. The predicted molar refractivity (Wildman–Crippen MR) is 154 cm³/mol. The van der Waals surface area contributed by atoms with Gasteiger partial charge in [0.05, 0.1) is 31.0 Å². The second-order valence-electron chi connectivity index (χ2n) is 10.9. The number of anilines is 1. The number of methoxy groups -OCH3 is 2. The summed E-state index contributed by atoms with van der Waals surface area (Å²) in [6.07, 6.45) is 0.171. The molecule has 0 atom stereocenters. The third-order valence-corrected chi connectivity index (χ3v) is 6.93. The van der Waals surface area contributed by atoms with Crippen molar-refractivity contribution < 1.29 is 23.5 Å². The first-order chi connectivity index (χ1) is 19.2. The van der Waals surface area contributed by atoms with Gasteiger partial charge in [-0.15, -0.1) is 0 Å². The highest BCUT2D eigenvalue weighted by atomic mass is 16.6. The molecular formula is C32H35N3O5. The number of ether oxygens (including phenoxy) is 3. The molecule has 2 heterocycles. The molecule has 0 aliphatic carbocycles. The Morgan fingerprint density at radius 2 is 1.80 bits per heavy atom. The van der Waals surface area contributed by atoms with Crippen LogP contribution in [0.15, 0.2) is 59.1 Å². The molecule has 1 aliphatic heterocycles. The number of carbonyl (C=O) groups is 1. The molecule has 0 saturated carbocycles. The lowest BCUT2D eigenvalue weighted by Gasteiger charge is -2.32. The lowest BCUT2D eigenvalue weighted by Crippen LogP contribution is -2.38. The Balaban J connectivity index is 1.86. The second-order valence-corrected chi connectivity index (χ2v) is 10.9. The molecule has 208 valence electrons. The highest BCUT2D eigenvalue weighted by Crippen LogP contribution is 2.44. The maximum atomic E-state index is 14.0. The largest absolute Gasteiger partial charge is 0.443 e. The molecule has 1 aromatic heterocycles. The van der Waals surface area contributed by atoms with Crippen LogP contribution in [0.2, 0.25) is 0 Å². The Kier molecular flexibility index (Phi) is 7.74. The van der Waals surface area contributed by atoms with Gasteiger partial charge in [0.25, 0.3) is 5.89 Å². The number of hydrogen-bond acceptors (Lipinski definition) is 7. The van der Waals surface area contributed by atoms with Crippen LogP contribution in [0.3, 0.4) is 0 Å². The Hall–Kier alpha value is -4.01. The van der Waals surface area contributed by atoms with Crippen LogP contribution in [-0.4, -0.2) is 42.7 Å². The maximum absolute atomic E-state index is 14.0. The zero-order valence-electron chi connectivity index (χ0n) is 23.9. The first kappa shape index (κ1) is 27.6. The van der Waals surface area contributed by atoms with Crippen molar-refractivity contribution in [2.75, 3.05) is 25.7 Å². The topological polar surface area (TPSA) is 86.9 Å². The van der Waals surface area contributed by atoms with Crippen molar-refractivity contribution in [3.63, 3.8) is 0 Å². The van der Waals surface area contributed by atoms with E-state index in [0.29, 0.717) is 37.0 Å². The minimum Gasteiger partial charge on any atom is -0.443 e. The third-order valence-electron chi connectivity index (χ3n) is 6.93. The molecule has 0 fully saturated rings. The third kappa shape index (κ3) is 5.37. The van der Waals surface area contributed by atoms with Crippen molar-refractivity contribution in [2.45, 2.75) is 52.9 Å².